The van der Waals surface area contributed by atoms with E-state index in [-0.39, 0.29) is 11.8 Å². The van der Waals surface area contributed by atoms with Crippen LogP contribution in [0, 0.1) is 19.8 Å². The van der Waals surface area contributed by atoms with Gasteiger partial charge in [-0.2, -0.15) is 0 Å². The summed E-state index contributed by atoms with van der Waals surface area (Å²) in [5, 5.41) is 8.87. The van der Waals surface area contributed by atoms with Gasteiger partial charge in [0.25, 0.3) is 0 Å². The van der Waals surface area contributed by atoms with Gasteiger partial charge in [0.15, 0.2) is 0 Å². The fourth-order valence-electron chi connectivity index (χ4n) is 2.03. The van der Waals surface area contributed by atoms with Crippen molar-refractivity contribution in [2.45, 2.75) is 26.2 Å². The van der Waals surface area contributed by atoms with Gasteiger partial charge in [0.2, 0.25) is 0 Å². The SMILES string of the molecule is Cc1cc(C2CC2C(=O)O)cc(C)c1Br. The molecule has 0 radical (unpaired) electrons. The topological polar surface area (TPSA) is 37.3 Å². The van der Waals surface area contributed by atoms with Crippen molar-refractivity contribution in [1.82, 2.24) is 0 Å². The largest absolute Gasteiger partial charge is 0.481 e. The Morgan fingerprint density at radius 3 is 2.33 bits per heavy atom. The van der Waals surface area contributed by atoms with Crippen molar-refractivity contribution in [3.8, 4) is 0 Å². The third-order valence-corrected chi connectivity index (χ3v) is 4.25. The molecular weight excluding hydrogens is 256 g/mol. The third-order valence-electron chi connectivity index (χ3n) is 2.99. The number of hydrogen-bond donors (Lipinski definition) is 1. The zero-order valence-corrected chi connectivity index (χ0v) is 10.3. The quantitative estimate of drug-likeness (QED) is 0.894. The molecule has 0 heterocycles. The average Bonchev–Trinajstić information content (AvgIpc) is 2.92. The van der Waals surface area contributed by atoms with Gasteiger partial charge >= 0.3 is 5.97 Å². The van der Waals surface area contributed by atoms with Crippen LogP contribution < -0.4 is 0 Å². The van der Waals surface area contributed by atoms with Crippen LogP contribution in [0.2, 0.25) is 0 Å². The van der Waals surface area contributed by atoms with Gasteiger partial charge in [-0.3, -0.25) is 4.79 Å². The fourth-order valence-corrected chi connectivity index (χ4v) is 2.26. The number of benzene rings is 1. The zero-order chi connectivity index (χ0) is 11.2. The van der Waals surface area contributed by atoms with Crippen LogP contribution in [-0.2, 0) is 4.79 Å². The van der Waals surface area contributed by atoms with Crippen LogP contribution in [0.25, 0.3) is 0 Å². The maximum Gasteiger partial charge on any atom is 0.307 e. The van der Waals surface area contributed by atoms with Crippen LogP contribution in [-0.4, -0.2) is 11.1 Å². The number of carboxylic acid groups (broad SMARTS) is 1. The summed E-state index contributed by atoms with van der Waals surface area (Å²) in [5.74, 6) is -0.601. The molecular formula is C12H13BrO2. The minimum Gasteiger partial charge on any atom is -0.481 e. The first-order chi connectivity index (χ1) is 7.00. The normalized spacial score (nSPS) is 23.9. The number of aliphatic carboxylic acids is 1. The van der Waals surface area contributed by atoms with Crippen LogP contribution >= 0.6 is 15.9 Å². The van der Waals surface area contributed by atoms with Crippen molar-refractivity contribution < 1.29 is 9.90 Å². The first-order valence-electron chi connectivity index (χ1n) is 5.00. The predicted molar refractivity (Wildman–Crippen MR) is 62.1 cm³/mol. The molecule has 2 unspecified atom stereocenters. The highest BCUT2D eigenvalue weighted by Gasteiger charge is 2.44. The lowest BCUT2D eigenvalue weighted by Crippen LogP contribution is -1.99. The number of rotatable bonds is 2. The van der Waals surface area contributed by atoms with Gasteiger partial charge in [0, 0.05) is 4.47 Å². The lowest BCUT2D eigenvalue weighted by atomic mass is 10.0. The molecule has 0 bridgehead atoms. The van der Waals surface area contributed by atoms with Crippen molar-refractivity contribution in [1.29, 1.82) is 0 Å². The second-order valence-electron chi connectivity index (χ2n) is 4.26. The molecule has 1 aliphatic rings. The van der Waals surface area contributed by atoms with E-state index in [2.05, 4.69) is 28.1 Å². The third kappa shape index (κ3) is 1.93. The molecule has 2 nitrogen and oxygen atoms in total. The zero-order valence-electron chi connectivity index (χ0n) is 8.75. The van der Waals surface area contributed by atoms with Crippen LogP contribution in [0.4, 0.5) is 0 Å². The molecule has 80 valence electrons. The summed E-state index contributed by atoms with van der Waals surface area (Å²) in [7, 11) is 0. The molecule has 1 saturated carbocycles. The molecule has 3 heteroatoms. The average molecular weight is 269 g/mol. The number of carbonyl (C=O) groups is 1. The summed E-state index contributed by atoms with van der Waals surface area (Å²) >= 11 is 3.51. The van der Waals surface area contributed by atoms with Gasteiger partial charge in [-0.1, -0.05) is 28.1 Å². The number of halogens is 1. The molecule has 1 aromatic rings. The van der Waals surface area contributed by atoms with E-state index < -0.39 is 5.97 Å². The van der Waals surface area contributed by atoms with Crippen LogP contribution in [0.3, 0.4) is 0 Å². The first-order valence-corrected chi connectivity index (χ1v) is 5.79. The Labute approximate surface area is 97.4 Å². The molecule has 1 fully saturated rings. The summed E-state index contributed by atoms with van der Waals surface area (Å²) in [6.07, 6.45) is 0.788. The first kappa shape index (κ1) is 10.7. The van der Waals surface area contributed by atoms with E-state index in [4.69, 9.17) is 5.11 Å². The maximum atomic E-state index is 10.8. The standard InChI is InChI=1S/C12H13BrO2/c1-6-3-8(4-7(2)11(6)13)9-5-10(9)12(14)15/h3-4,9-10H,5H2,1-2H3,(H,14,15). The summed E-state index contributed by atoms with van der Waals surface area (Å²) in [6, 6.07) is 4.18. The smallest absolute Gasteiger partial charge is 0.307 e. The van der Waals surface area contributed by atoms with E-state index in [1.165, 1.54) is 16.7 Å². The van der Waals surface area contributed by atoms with Crippen molar-refractivity contribution >= 4 is 21.9 Å². The Bertz CT molecular complexity index is 403. The number of hydrogen-bond acceptors (Lipinski definition) is 1. The van der Waals surface area contributed by atoms with Gasteiger partial charge < -0.3 is 5.11 Å². The highest BCUT2D eigenvalue weighted by atomic mass is 79.9. The monoisotopic (exact) mass is 268 g/mol. The van der Waals surface area contributed by atoms with E-state index in [0.29, 0.717) is 0 Å². The van der Waals surface area contributed by atoms with Crippen LogP contribution in [0.5, 0.6) is 0 Å². The molecule has 0 aromatic heterocycles. The van der Waals surface area contributed by atoms with Gasteiger partial charge in [-0.05, 0) is 42.9 Å². The molecule has 1 aromatic carbocycles. The Morgan fingerprint density at radius 1 is 1.40 bits per heavy atom. The predicted octanol–water partition coefficient (Wildman–Crippen LogP) is 3.25. The molecule has 0 amide bonds. The molecule has 0 aliphatic heterocycles. The van der Waals surface area contributed by atoms with Crippen LogP contribution in [0.1, 0.15) is 29.0 Å². The van der Waals surface area contributed by atoms with Gasteiger partial charge in [-0.15, -0.1) is 0 Å². The minimum absolute atomic E-state index is 0.162. The van der Waals surface area contributed by atoms with Crippen molar-refractivity contribution in [3.05, 3.63) is 33.3 Å². The molecule has 0 saturated heterocycles. The second kappa shape index (κ2) is 3.63. The lowest BCUT2D eigenvalue weighted by molar-refractivity contribution is -0.138. The molecule has 1 N–H and O–H groups in total. The van der Waals surface area contributed by atoms with Gasteiger partial charge in [0.1, 0.15) is 0 Å². The van der Waals surface area contributed by atoms with E-state index in [1.807, 2.05) is 13.8 Å². The maximum absolute atomic E-state index is 10.8. The summed E-state index contributed by atoms with van der Waals surface area (Å²) in [4.78, 5) is 10.8. The summed E-state index contributed by atoms with van der Waals surface area (Å²) in [5.41, 5.74) is 3.53. The van der Waals surface area contributed by atoms with Gasteiger partial charge in [0.05, 0.1) is 5.92 Å². The van der Waals surface area contributed by atoms with E-state index >= 15 is 0 Å². The highest BCUT2D eigenvalue weighted by molar-refractivity contribution is 9.10. The Kier molecular flexibility index (Phi) is 2.59. The second-order valence-corrected chi connectivity index (χ2v) is 5.05. The van der Waals surface area contributed by atoms with E-state index in [0.717, 1.165) is 10.9 Å². The minimum atomic E-state index is -0.668. The number of aryl methyl sites for hydroxylation is 2. The Balaban J connectivity index is 2.28. The van der Waals surface area contributed by atoms with E-state index in [9.17, 15) is 4.79 Å². The van der Waals surface area contributed by atoms with Crippen molar-refractivity contribution in [2.75, 3.05) is 0 Å². The Hall–Kier alpha value is -0.830. The molecule has 0 spiro atoms. The lowest BCUT2D eigenvalue weighted by Gasteiger charge is -2.07. The molecule has 1 aliphatic carbocycles. The van der Waals surface area contributed by atoms with Crippen molar-refractivity contribution in [2.24, 2.45) is 5.92 Å². The fraction of sp³-hybridized carbons (Fsp3) is 0.417. The summed E-state index contributed by atoms with van der Waals surface area (Å²) < 4.78 is 1.12. The van der Waals surface area contributed by atoms with Crippen LogP contribution in [0.15, 0.2) is 16.6 Å². The number of carboxylic acids is 1. The van der Waals surface area contributed by atoms with E-state index in [1.54, 1.807) is 0 Å². The molecule has 15 heavy (non-hydrogen) atoms. The highest BCUT2D eigenvalue weighted by Crippen LogP contribution is 2.48. The van der Waals surface area contributed by atoms with Gasteiger partial charge in [-0.25, -0.2) is 0 Å². The Morgan fingerprint density at radius 2 is 1.93 bits per heavy atom. The van der Waals surface area contributed by atoms with Crippen molar-refractivity contribution in [3.63, 3.8) is 0 Å². The summed E-state index contributed by atoms with van der Waals surface area (Å²) in [6.45, 7) is 4.08. The molecule has 2 atom stereocenters. The molecule has 2 rings (SSSR count).